The van der Waals surface area contributed by atoms with Gasteiger partial charge in [-0.15, -0.1) is 0 Å². The molecule has 2 N–H and O–H groups in total. The molecule has 2 rings (SSSR count). The van der Waals surface area contributed by atoms with Crippen LogP contribution in [0.25, 0.3) is 0 Å². The molecule has 0 radical (unpaired) electrons. The van der Waals surface area contributed by atoms with E-state index in [1.807, 2.05) is 24.3 Å². The molecule has 0 saturated carbocycles. The summed E-state index contributed by atoms with van der Waals surface area (Å²) in [5.41, 5.74) is 3.93. The number of amides is 1. The number of carbonyl (C=O) groups is 1. The summed E-state index contributed by atoms with van der Waals surface area (Å²) < 4.78 is 4.98. The van der Waals surface area contributed by atoms with Gasteiger partial charge in [0.2, 0.25) is 11.7 Å². The maximum atomic E-state index is 12.0. The first kappa shape index (κ1) is 20.9. The molecule has 0 saturated heterocycles. The van der Waals surface area contributed by atoms with Crippen LogP contribution in [0.15, 0.2) is 41.5 Å². The van der Waals surface area contributed by atoms with Crippen LogP contribution in [0.5, 0.6) is 11.5 Å². The van der Waals surface area contributed by atoms with Crippen molar-refractivity contribution in [3.05, 3.63) is 63.2 Å². The Morgan fingerprint density at radius 2 is 1.93 bits per heavy atom. The summed E-state index contributed by atoms with van der Waals surface area (Å²) >= 11 is 0. The topological polar surface area (TPSA) is 114 Å². The number of rotatable bonds is 6. The zero-order valence-corrected chi connectivity index (χ0v) is 16.2. The largest absolute Gasteiger partial charge is 0.502 e. The van der Waals surface area contributed by atoms with Gasteiger partial charge in [0.05, 0.1) is 30.7 Å². The smallest absolute Gasteiger partial charge is 0.315 e. The van der Waals surface area contributed by atoms with E-state index in [1.165, 1.54) is 18.7 Å². The second-order valence-electron chi connectivity index (χ2n) is 7.26. The summed E-state index contributed by atoms with van der Waals surface area (Å²) in [6, 6.07) is 10.2. The number of hydrogen-bond acceptors (Lipinski definition) is 6. The molecule has 0 heterocycles. The fraction of sp³-hybridized carbons (Fsp3) is 0.300. The molecule has 2 aromatic rings. The number of nitro benzene ring substituents is 1. The van der Waals surface area contributed by atoms with Crippen LogP contribution < -0.4 is 10.2 Å². The summed E-state index contributed by atoms with van der Waals surface area (Å²) in [5, 5.41) is 24.7. The van der Waals surface area contributed by atoms with Crippen molar-refractivity contribution in [2.75, 3.05) is 7.11 Å². The zero-order valence-electron chi connectivity index (χ0n) is 16.2. The summed E-state index contributed by atoms with van der Waals surface area (Å²) in [6.07, 6.45) is 1.26. The van der Waals surface area contributed by atoms with Gasteiger partial charge in [0.1, 0.15) is 5.75 Å². The van der Waals surface area contributed by atoms with Gasteiger partial charge >= 0.3 is 5.69 Å². The zero-order chi connectivity index (χ0) is 20.9. The first-order chi connectivity index (χ1) is 13.1. The van der Waals surface area contributed by atoms with E-state index in [9.17, 15) is 20.0 Å². The minimum atomic E-state index is -0.727. The van der Waals surface area contributed by atoms with Gasteiger partial charge in [0, 0.05) is 5.56 Å². The highest BCUT2D eigenvalue weighted by Gasteiger charge is 2.19. The van der Waals surface area contributed by atoms with Crippen molar-refractivity contribution in [3.8, 4) is 11.5 Å². The molecule has 0 aromatic heterocycles. The number of hydrazone groups is 1. The molecule has 8 nitrogen and oxygen atoms in total. The molecule has 0 aliphatic heterocycles. The molecule has 28 heavy (non-hydrogen) atoms. The minimum Gasteiger partial charge on any atom is -0.502 e. The van der Waals surface area contributed by atoms with Gasteiger partial charge in [-0.25, -0.2) is 5.43 Å². The van der Waals surface area contributed by atoms with Gasteiger partial charge in [-0.3, -0.25) is 14.9 Å². The molecular weight excluding hydrogens is 362 g/mol. The number of aromatic hydroxyl groups is 1. The third-order valence-electron chi connectivity index (χ3n) is 4.10. The first-order valence-electron chi connectivity index (χ1n) is 8.58. The molecule has 2 aromatic carbocycles. The average Bonchev–Trinajstić information content (AvgIpc) is 2.62. The van der Waals surface area contributed by atoms with Crippen LogP contribution >= 0.6 is 0 Å². The SMILES string of the molecule is COc1cc(/C=N\NC(=O)Cc2ccc(C(C)(C)C)cc2)c(O)c([N+](=O)[O-])c1. The molecular formula is C20H23N3O5. The van der Waals surface area contributed by atoms with Crippen molar-refractivity contribution in [3.63, 3.8) is 0 Å². The molecule has 1 amide bonds. The summed E-state index contributed by atoms with van der Waals surface area (Å²) in [6.45, 7) is 6.34. The van der Waals surface area contributed by atoms with Crippen molar-refractivity contribution >= 4 is 17.8 Å². The number of phenols is 1. The standard InChI is InChI=1S/C20H23N3O5/c1-20(2,3)15-7-5-13(6-8-15)9-18(24)22-21-12-14-10-16(28-4)11-17(19(14)25)23(26)27/h5-8,10-12,25H,9H2,1-4H3,(H,22,24)/b21-12-. The summed E-state index contributed by atoms with van der Waals surface area (Å²) in [7, 11) is 1.35. The number of methoxy groups -OCH3 is 1. The highest BCUT2D eigenvalue weighted by molar-refractivity contribution is 5.88. The molecule has 0 aliphatic carbocycles. The minimum absolute atomic E-state index is 0.0342. The summed E-state index contributed by atoms with van der Waals surface area (Å²) in [5.74, 6) is -0.713. The molecule has 0 aliphatic rings. The van der Waals surface area contributed by atoms with Gasteiger partial charge in [-0.1, -0.05) is 45.0 Å². The lowest BCUT2D eigenvalue weighted by molar-refractivity contribution is -0.385. The second kappa shape index (κ2) is 8.51. The van der Waals surface area contributed by atoms with Crippen LogP contribution in [0.1, 0.15) is 37.5 Å². The van der Waals surface area contributed by atoms with E-state index in [1.54, 1.807) is 0 Å². The van der Waals surface area contributed by atoms with E-state index in [0.717, 1.165) is 17.8 Å². The quantitative estimate of drug-likeness (QED) is 0.450. The van der Waals surface area contributed by atoms with E-state index in [0.29, 0.717) is 0 Å². The van der Waals surface area contributed by atoms with Crippen molar-refractivity contribution in [2.24, 2.45) is 5.10 Å². The maximum absolute atomic E-state index is 12.0. The molecule has 0 spiro atoms. The number of nitrogens with zero attached hydrogens (tertiary/aromatic N) is 2. The second-order valence-corrected chi connectivity index (χ2v) is 7.26. The lowest BCUT2D eigenvalue weighted by Crippen LogP contribution is -2.20. The Kier molecular flexibility index (Phi) is 6.35. The predicted molar refractivity (Wildman–Crippen MR) is 106 cm³/mol. The number of nitrogens with one attached hydrogen (secondary N) is 1. The Labute approximate surface area is 163 Å². The third kappa shape index (κ3) is 5.29. The van der Waals surface area contributed by atoms with Gasteiger partial charge in [-0.2, -0.15) is 5.10 Å². The van der Waals surface area contributed by atoms with Gasteiger partial charge in [0.15, 0.2) is 0 Å². The average molecular weight is 385 g/mol. The van der Waals surface area contributed by atoms with Crippen LogP contribution in [0, 0.1) is 10.1 Å². The Morgan fingerprint density at radius 1 is 1.29 bits per heavy atom. The van der Waals surface area contributed by atoms with E-state index < -0.39 is 16.4 Å². The summed E-state index contributed by atoms with van der Waals surface area (Å²) in [4.78, 5) is 22.3. The fourth-order valence-electron chi connectivity index (χ4n) is 2.49. The fourth-order valence-corrected chi connectivity index (χ4v) is 2.49. The van der Waals surface area contributed by atoms with Crippen LogP contribution in [0.4, 0.5) is 5.69 Å². The molecule has 0 atom stereocenters. The molecule has 8 heteroatoms. The lowest BCUT2D eigenvalue weighted by Gasteiger charge is -2.19. The molecule has 148 valence electrons. The van der Waals surface area contributed by atoms with Crippen LogP contribution in [0.3, 0.4) is 0 Å². The van der Waals surface area contributed by atoms with Crippen LogP contribution in [-0.2, 0) is 16.6 Å². The highest BCUT2D eigenvalue weighted by atomic mass is 16.6. The Morgan fingerprint density at radius 3 is 2.46 bits per heavy atom. The van der Waals surface area contributed by atoms with Crippen molar-refractivity contribution < 1.29 is 19.6 Å². The van der Waals surface area contributed by atoms with Gasteiger partial charge in [0.25, 0.3) is 0 Å². The van der Waals surface area contributed by atoms with Crippen molar-refractivity contribution in [1.29, 1.82) is 0 Å². The van der Waals surface area contributed by atoms with Crippen molar-refractivity contribution in [2.45, 2.75) is 32.6 Å². The van der Waals surface area contributed by atoms with Crippen molar-refractivity contribution in [1.82, 2.24) is 5.43 Å². The number of hydrogen-bond donors (Lipinski definition) is 2. The number of nitro groups is 1. The number of ether oxygens (including phenoxy) is 1. The third-order valence-corrected chi connectivity index (χ3v) is 4.10. The van der Waals surface area contributed by atoms with Gasteiger partial charge in [-0.05, 0) is 22.6 Å². The molecule has 0 bridgehead atoms. The van der Waals surface area contributed by atoms with E-state index in [-0.39, 0.29) is 29.1 Å². The monoisotopic (exact) mass is 385 g/mol. The number of phenolic OH excluding ortho intramolecular Hbond substituents is 1. The maximum Gasteiger partial charge on any atom is 0.315 e. The van der Waals surface area contributed by atoms with E-state index in [2.05, 4.69) is 31.3 Å². The molecule has 0 unspecified atom stereocenters. The molecule has 0 fully saturated rings. The Bertz CT molecular complexity index is 899. The highest BCUT2D eigenvalue weighted by Crippen LogP contribution is 2.33. The van der Waals surface area contributed by atoms with E-state index in [4.69, 9.17) is 4.74 Å². The number of carbonyl (C=O) groups excluding carboxylic acids is 1. The lowest BCUT2D eigenvalue weighted by atomic mass is 9.86. The van der Waals surface area contributed by atoms with Gasteiger partial charge < -0.3 is 9.84 Å². The van der Waals surface area contributed by atoms with Crippen LogP contribution in [-0.4, -0.2) is 29.3 Å². The Balaban J connectivity index is 2.05. The normalized spacial score (nSPS) is 11.4. The first-order valence-corrected chi connectivity index (χ1v) is 8.58. The Hall–Kier alpha value is -3.42. The van der Waals surface area contributed by atoms with Crippen LogP contribution in [0.2, 0.25) is 0 Å². The number of benzene rings is 2. The predicted octanol–water partition coefficient (Wildman–Crippen LogP) is 3.30. The van der Waals surface area contributed by atoms with E-state index >= 15 is 0 Å².